The van der Waals surface area contributed by atoms with Crippen molar-refractivity contribution >= 4 is 17.4 Å². The van der Waals surface area contributed by atoms with Gasteiger partial charge in [-0.2, -0.15) is 0 Å². The summed E-state index contributed by atoms with van der Waals surface area (Å²) < 4.78 is 0. The van der Waals surface area contributed by atoms with Crippen molar-refractivity contribution in [1.29, 1.82) is 0 Å². The molecule has 0 nitrogen and oxygen atoms in total. The Morgan fingerprint density at radius 3 is 2.75 bits per heavy atom. The molecule has 2 aromatic rings. The number of aryl methyl sites for hydroxylation is 1. The minimum atomic E-state index is 0.729. The summed E-state index contributed by atoms with van der Waals surface area (Å²) in [4.78, 5) is 3.05. The Bertz CT molecular complexity index is 664. The molecule has 4 rings (SSSR count). The number of benzene rings is 1. The highest BCUT2D eigenvalue weighted by molar-refractivity contribution is 7.12. The molecule has 1 heteroatoms. The van der Waals surface area contributed by atoms with E-state index < -0.39 is 0 Å². The lowest BCUT2D eigenvalue weighted by Crippen LogP contribution is -2.10. The van der Waals surface area contributed by atoms with E-state index in [1.165, 1.54) is 22.4 Å². The van der Waals surface area contributed by atoms with Crippen LogP contribution in [0.4, 0.5) is 0 Å². The molecule has 0 radical (unpaired) electrons. The van der Waals surface area contributed by atoms with E-state index in [-0.39, 0.29) is 0 Å². The largest absolute Gasteiger partial charge is 0.145 e. The molecule has 1 saturated carbocycles. The SMILES string of the molecule is Cc1ccc(C2C(C)C2C2C=Cc3ccccc3C2)s1. The van der Waals surface area contributed by atoms with Crippen molar-refractivity contribution in [2.75, 3.05) is 0 Å². The fourth-order valence-electron chi connectivity index (χ4n) is 3.93. The zero-order chi connectivity index (χ0) is 13.7. The molecule has 0 amide bonds. The maximum absolute atomic E-state index is 2.46. The van der Waals surface area contributed by atoms with E-state index >= 15 is 0 Å². The van der Waals surface area contributed by atoms with Gasteiger partial charge in [0.1, 0.15) is 0 Å². The van der Waals surface area contributed by atoms with Crippen molar-refractivity contribution in [3.05, 3.63) is 63.4 Å². The molecular weight excluding hydrogens is 260 g/mol. The van der Waals surface area contributed by atoms with Crippen molar-refractivity contribution in [3.8, 4) is 0 Å². The van der Waals surface area contributed by atoms with Crippen LogP contribution in [0.3, 0.4) is 0 Å². The summed E-state index contributed by atoms with van der Waals surface area (Å²) in [7, 11) is 0. The van der Waals surface area contributed by atoms with Crippen molar-refractivity contribution in [2.24, 2.45) is 17.8 Å². The molecule has 2 aliphatic carbocycles. The topological polar surface area (TPSA) is 0 Å². The van der Waals surface area contributed by atoms with Crippen LogP contribution in [-0.4, -0.2) is 0 Å². The molecule has 0 saturated heterocycles. The zero-order valence-corrected chi connectivity index (χ0v) is 12.9. The highest BCUT2D eigenvalue weighted by Gasteiger charge is 2.51. The fraction of sp³-hybridized carbons (Fsp3) is 0.368. The van der Waals surface area contributed by atoms with Gasteiger partial charge in [-0.1, -0.05) is 43.3 Å². The molecule has 4 atom stereocenters. The van der Waals surface area contributed by atoms with Crippen LogP contribution in [0.15, 0.2) is 42.5 Å². The Morgan fingerprint density at radius 1 is 1.10 bits per heavy atom. The second kappa shape index (κ2) is 4.60. The number of hydrogen-bond acceptors (Lipinski definition) is 1. The van der Waals surface area contributed by atoms with Crippen molar-refractivity contribution < 1.29 is 0 Å². The Balaban J connectivity index is 1.56. The minimum absolute atomic E-state index is 0.729. The Labute approximate surface area is 125 Å². The van der Waals surface area contributed by atoms with Crippen molar-refractivity contribution in [3.63, 3.8) is 0 Å². The smallest absolute Gasteiger partial charge is 0.00848 e. The van der Waals surface area contributed by atoms with Crippen LogP contribution in [0, 0.1) is 24.7 Å². The highest BCUT2D eigenvalue weighted by atomic mass is 32.1. The maximum atomic E-state index is 2.46. The standard InChI is InChI=1S/C19H20S/c1-12-7-10-17(20-12)19-13(2)18(19)16-9-8-14-5-3-4-6-15(14)11-16/h3-10,13,16,18-19H,11H2,1-2H3. The van der Waals surface area contributed by atoms with Crippen LogP contribution in [0.2, 0.25) is 0 Å². The number of hydrogen-bond donors (Lipinski definition) is 0. The first kappa shape index (κ1) is 12.4. The lowest BCUT2D eigenvalue weighted by Gasteiger charge is -2.19. The fourth-order valence-corrected chi connectivity index (χ4v) is 5.08. The van der Waals surface area contributed by atoms with E-state index in [4.69, 9.17) is 0 Å². The van der Waals surface area contributed by atoms with E-state index in [0.29, 0.717) is 0 Å². The van der Waals surface area contributed by atoms with Crippen LogP contribution < -0.4 is 0 Å². The maximum Gasteiger partial charge on any atom is 0.00848 e. The molecule has 0 bridgehead atoms. The molecule has 1 heterocycles. The molecular formula is C19H20S. The van der Waals surface area contributed by atoms with Gasteiger partial charge in [-0.3, -0.25) is 0 Å². The normalized spacial score (nSPS) is 31.1. The quantitative estimate of drug-likeness (QED) is 0.701. The minimum Gasteiger partial charge on any atom is -0.145 e. The first-order valence-electron chi connectivity index (χ1n) is 7.56. The molecule has 4 unspecified atom stereocenters. The van der Waals surface area contributed by atoms with Gasteiger partial charge in [-0.15, -0.1) is 11.3 Å². The highest BCUT2D eigenvalue weighted by Crippen LogP contribution is 2.60. The predicted molar refractivity (Wildman–Crippen MR) is 87.1 cm³/mol. The molecule has 0 aliphatic heterocycles. The lowest BCUT2D eigenvalue weighted by atomic mass is 9.85. The number of fused-ring (bicyclic) bond motifs is 1. The number of rotatable bonds is 2. The van der Waals surface area contributed by atoms with Crippen molar-refractivity contribution in [1.82, 2.24) is 0 Å². The van der Waals surface area contributed by atoms with Gasteiger partial charge >= 0.3 is 0 Å². The Kier molecular flexibility index (Phi) is 2.85. The van der Waals surface area contributed by atoms with Crippen LogP contribution in [-0.2, 0) is 6.42 Å². The zero-order valence-electron chi connectivity index (χ0n) is 12.0. The summed E-state index contributed by atoms with van der Waals surface area (Å²) in [6, 6.07) is 13.5. The average Bonchev–Trinajstić information content (AvgIpc) is 2.94. The van der Waals surface area contributed by atoms with Crippen LogP contribution in [0.1, 0.15) is 33.7 Å². The van der Waals surface area contributed by atoms with E-state index in [2.05, 4.69) is 62.4 Å². The van der Waals surface area contributed by atoms with Gasteiger partial charge < -0.3 is 0 Å². The van der Waals surface area contributed by atoms with Gasteiger partial charge in [0.25, 0.3) is 0 Å². The van der Waals surface area contributed by atoms with Gasteiger partial charge in [0.05, 0.1) is 0 Å². The molecule has 0 spiro atoms. The summed E-state index contributed by atoms with van der Waals surface area (Å²) in [5.41, 5.74) is 2.95. The van der Waals surface area contributed by atoms with E-state index in [0.717, 1.165) is 23.7 Å². The molecule has 2 aliphatic rings. The summed E-state index contributed by atoms with van der Waals surface area (Å²) >= 11 is 1.99. The molecule has 102 valence electrons. The summed E-state index contributed by atoms with van der Waals surface area (Å²) in [6.07, 6.45) is 6.03. The first-order chi connectivity index (χ1) is 9.74. The van der Waals surface area contributed by atoms with Crippen LogP contribution in [0.25, 0.3) is 6.08 Å². The molecule has 0 N–H and O–H groups in total. The molecule has 1 fully saturated rings. The number of allylic oxidation sites excluding steroid dienone is 1. The predicted octanol–water partition coefficient (Wildman–Crippen LogP) is 5.29. The third-order valence-electron chi connectivity index (χ3n) is 5.07. The average molecular weight is 280 g/mol. The second-order valence-electron chi connectivity index (χ2n) is 6.34. The first-order valence-corrected chi connectivity index (χ1v) is 8.38. The summed E-state index contributed by atoms with van der Waals surface area (Å²) in [5.74, 6) is 3.21. The van der Waals surface area contributed by atoms with E-state index in [9.17, 15) is 0 Å². The summed E-state index contributed by atoms with van der Waals surface area (Å²) in [6.45, 7) is 4.64. The molecule has 1 aromatic carbocycles. The van der Waals surface area contributed by atoms with E-state index in [1.54, 1.807) is 4.88 Å². The monoisotopic (exact) mass is 280 g/mol. The lowest BCUT2D eigenvalue weighted by molar-refractivity contribution is 0.526. The Hall–Kier alpha value is -1.34. The van der Waals surface area contributed by atoms with Crippen LogP contribution >= 0.6 is 11.3 Å². The number of thiophene rings is 1. The summed E-state index contributed by atoms with van der Waals surface area (Å²) in [5, 5.41) is 0. The van der Waals surface area contributed by atoms with Gasteiger partial charge in [0.15, 0.2) is 0 Å². The molecule has 1 aromatic heterocycles. The van der Waals surface area contributed by atoms with Crippen molar-refractivity contribution in [2.45, 2.75) is 26.2 Å². The van der Waals surface area contributed by atoms with Gasteiger partial charge in [0.2, 0.25) is 0 Å². The second-order valence-corrected chi connectivity index (χ2v) is 7.66. The molecule has 20 heavy (non-hydrogen) atoms. The van der Waals surface area contributed by atoms with Gasteiger partial charge in [0, 0.05) is 9.75 Å². The van der Waals surface area contributed by atoms with Crippen LogP contribution in [0.5, 0.6) is 0 Å². The third-order valence-corrected chi connectivity index (χ3v) is 6.17. The third kappa shape index (κ3) is 1.96. The van der Waals surface area contributed by atoms with Gasteiger partial charge in [-0.25, -0.2) is 0 Å². The Morgan fingerprint density at radius 2 is 1.95 bits per heavy atom. The van der Waals surface area contributed by atoms with Gasteiger partial charge in [-0.05, 0) is 60.3 Å². The van der Waals surface area contributed by atoms with E-state index in [1.807, 2.05) is 11.3 Å².